The summed E-state index contributed by atoms with van der Waals surface area (Å²) in [6.07, 6.45) is 7.87. The minimum atomic E-state index is 0.676. The molecule has 1 saturated heterocycles. The summed E-state index contributed by atoms with van der Waals surface area (Å²) in [5.74, 6) is 2.04. The number of fused-ring (bicyclic) bond motifs is 1. The van der Waals surface area contributed by atoms with Gasteiger partial charge in [-0.1, -0.05) is 19.8 Å². The van der Waals surface area contributed by atoms with Gasteiger partial charge in [0, 0.05) is 13.1 Å². The van der Waals surface area contributed by atoms with Crippen molar-refractivity contribution >= 4 is 0 Å². The average molecular weight is 210 g/mol. The smallest absolute Gasteiger partial charge is 0.0614 e. The number of likely N-dealkylation sites (tertiary alicyclic amines) is 1. The molecule has 3 unspecified atom stereocenters. The Balaban J connectivity index is 1.95. The predicted molar refractivity (Wildman–Crippen MR) is 64.8 cm³/mol. The third kappa shape index (κ3) is 2.36. The van der Waals surface area contributed by atoms with Crippen molar-refractivity contribution in [2.24, 2.45) is 11.8 Å². The highest BCUT2D eigenvalue weighted by molar-refractivity contribution is 4.88. The summed E-state index contributed by atoms with van der Waals surface area (Å²) in [6.45, 7) is 5.04. The Morgan fingerprint density at radius 1 is 1.13 bits per heavy atom. The van der Waals surface area contributed by atoms with Crippen molar-refractivity contribution in [3.8, 4) is 0 Å². The zero-order valence-corrected chi connectivity index (χ0v) is 10.6. The van der Waals surface area contributed by atoms with E-state index in [0.717, 1.165) is 11.8 Å². The van der Waals surface area contributed by atoms with Crippen molar-refractivity contribution in [3.63, 3.8) is 0 Å². The summed E-state index contributed by atoms with van der Waals surface area (Å²) in [4.78, 5) is 5.11. The van der Waals surface area contributed by atoms with Gasteiger partial charge in [-0.2, -0.15) is 0 Å². The van der Waals surface area contributed by atoms with Crippen molar-refractivity contribution in [3.05, 3.63) is 0 Å². The molecule has 3 atom stereocenters. The van der Waals surface area contributed by atoms with Gasteiger partial charge < -0.3 is 0 Å². The molecule has 88 valence electrons. The lowest BCUT2D eigenvalue weighted by molar-refractivity contribution is 0.0931. The molecular weight excluding hydrogens is 184 g/mol. The molecule has 0 aromatic heterocycles. The standard InChI is InChI=1S/C13H26N2/c1-4-13(14(2)3)15-9-11-7-5-6-8-12(11)10-15/h11-13H,4-10H2,1-3H3. The van der Waals surface area contributed by atoms with Gasteiger partial charge in [0.25, 0.3) is 0 Å². The second-order valence-electron chi connectivity index (χ2n) is 5.61. The maximum atomic E-state index is 2.72. The van der Waals surface area contributed by atoms with E-state index in [1.165, 1.54) is 45.2 Å². The third-order valence-corrected chi connectivity index (χ3v) is 4.39. The summed E-state index contributed by atoms with van der Waals surface area (Å²) in [7, 11) is 4.44. The Bertz CT molecular complexity index is 189. The average Bonchev–Trinajstić information content (AvgIpc) is 2.61. The van der Waals surface area contributed by atoms with Crippen LogP contribution in [0.5, 0.6) is 0 Å². The van der Waals surface area contributed by atoms with Crippen LogP contribution in [0, 0.1) is 11.8 Å². The zero-order valence-electron chi connectivity index (χ0n) is 10.6. The number of hydrogen-bond donors (Lipinski definition) is 0. The Morgan fingerprint density at radius 3 is 2.07 bits per heavy atom. The first-order chi connectivity index (χ1) is 7.22. The molecule has 2 heteroatoms. The van der Waals surface area contributed by atoms with Crippen molar-refractivity contribution in [1.29, 1.82) is 0 Å². The molecule has 1 heterocycles. The quantitative estimate of drug-likeness (QED) is 0.706. The summed E-state index contributed by atoms with van der Waals surface area (Å²) in [5.41, 5.74) is 0. The second kappa shape index (κ2) is 4.84. The van der Waals surface area contributed by atoms with Crippen LogP contribution >= 0.6 is 0 Å². The van der Waals surface area contributed by atoms with Gasteiger partial charge in [0.15, 0.2) is 0 Å². The Kier molecular flexibility index (Phi) is 3.68. The molecule has 1 aliphatic heterocycles. The Morgan fingerprint density at radius 2 is 1.67 bits per heavy atom. The van der Waals surface area contributed by atoms with E-state index in [2.05, 4.69) is 30.8 Å². The lowest BCUT2D eigenvalue weighted by atomic mass is 9.82. The minimum Gasteiger partial charge on any atom is -0.294 e. The first-order valence-corrected chi connectivity index (χ1v) is 6.62. The van der Waals surface area contributed by atoms with Crippen LogP contribution in [0.1, 0.15) is 39.0 Å². The first-order valence-electron chi connectivity index (χ1n) is 6.62. The molecule has 2 aliphatic rings. The summed E-state index contributed by atoms with van der Waals surface area (Å²) in [5, 5.41) is 0. The third-order valence-electron chi connectivity index (χ3n) is 4.39. The van der Waals surface area contributed by atoms with Crippen molar-refractivity contribution in [2.75, 3.05) is 27.2 Å². The van der Waals surface area contributed by atoms with Crippen LogP contribution in [0.3, 0.4) is 0 Å². The van der Waals surface area contributed by atoms with Crippen molar-refractivity contribution in [2.45, 2.75) is 45.2 Å². The van der Waals surface area contributed by atoms with Crippen LogP contribution in [0.15, 0.2) is 0 Å². The number of hydrogen-bond acceptors (Lipinski definition) is 2. The first kappa shape index (κ1) is 11.4. The van der Waals surface area contributed by atoms with Crippen LogP contribution in [-0.4, -0.2) is 43.2 Å². The summed E-state index contributed by atoms with van der Waals surface area (Å²) < 4.78 is 0. The topological polar surface area (TPSA) is 6.48 Å². The molecule has 2 rings (SSSR count). The van der Waals surface area contributed by atoms with E-state index >= 15 is 0 Å². The highest BCUT2D eigenvalue weighted by Crippen LogP contribution is 2.37. The van der Waals surface area contributed by atoms with Gasteiger partial charge in [-0.3, -0.25) is 9.80 Å². The second-order valence-corrected chi connectivity index (χ2v) is 5.61. The van der Waals surface area contributed by atoms with Gasteiger partial charge >= 0.3 is 0 Å². The SMILES string of the molecule is CCC(N(C)C)N1CC2CCCCC2C1. The van der Waals surface area contributed by atoms with Crippen LogP contribution < -0.4 is 0 Å². The van der Waals surface area contributed by atoms with E-state index in [-0.39, 0.29) is 0 Å². The van der Waals surface area contributed by atoms with Crippen LogP contribution in [-0.2, 0) is 0 Å². The van der Waals surface area contributed by atoms with Gasteiger partial charge in [0.05, 0.1) is 6.17 Å². The van der Waals surface area contributed by atoms with Crippen molar-refractivity contribution < 1.29 is 0 Å². The largest absolute Gasteiger partial charge is 0.294 e. The lowest BCUT2D eigenvalue weighted by Gasteiger charge is -2.32. The minimum absolute atomic E-state index is 0.676. The van der Waals surface area contributed by atoms with Crippen molar-refractivity contribution in [1.82, 2.24) is 9.80 Å². The molecule has 0 aromatic rings. The summed E-state index contributed by atoms with van der Waals surface area (Å²) >= 11 is 0. The van der Waals surface area contributed by atoms with Gasteiger partial charge in [-0.25, -0.2) is 0 Å². The van der Waals surface area contributed by atoms with E-state index < -0.39 is 0 Å². The highest BCUT2D eigenvalue weighted by atomic mass is 15.3. The summed E-state index contributed by atoms with van der Waals surface area (Å²) in [6, 6.07) is 0. The van der Waals surface area contributed by atoms with Gasteiger partial charge in [-0.05, 0) is 45.2 Å². The molecule has 2 fully saturated rings. The molecule has 0 amide bonds. The molecule has 15 heavy (non-hydrogen) atoms. The predicted octanol–water partition coefficient (Wildman–Crippen LogP) is 2.41. The fraction of sp³-hybridized carbons (Fsp3) is 1.00. The molecule has 0 N–H and O–H groups in total. The molecule has 0 spiro atoms. The van der Waals surface area contributed by atoms with Crippen LogP contribution in [0.25, 0.3) is 0 Å². The molecule has 0 bridgehead atoms. The molecule has 1 saturated carbocycles. The van der Waals surface area contributed by atoms with Gasteiger partial charge in [-0.15, -0.1) is 0 Å². The molecule has 2 nitrogen and oxygen atoms in total. The van der Waals surface area contributed by atoms with E-state index in [9.17, 15) is 0 Å². The molecule has 1 aliphatic carbocycles. The maximum absolute atomic E-state index is 2.72. The zero-order chi connectivity index (χ0) is 10.8. The van der Waals surface area contributed by atoms with Gasteiger partial charge in [0.1, 0.15) is 0 Å². The van der Waals surface area contributed by atoms with Gasteiger partial charge in [0.2, 0.25) is 0 Å². The maximum Gasteiger partial charge on any atom is 0.0614 e. The van der Waals surface area contributed by atoms with Crippen LogP contribution in [0.4, 0.5) is 0 Å². The van der Waals surface area contributed by atoms with E-state index in [0.29, 0.717) is 6.17 Å². The fourth-order valence-corrected chi connectivity index (χ4v) is 3.64. The molecular formula is C13H26N2. The Labute approximate surface area is 94.6 Å². The molecule has 0 radical (unpaired) electrons. The van der Waals surface area contributed by atoms with E-state index in [1.807, 2.05) is 0 Å². The monoisotopic (exact) mass is 210 g/mol. The van der Waals surface area contributed by atoms with E-state index in [4.69, 9.17) is 0 Å². The lowest BCUT2D eigenvalue weighted by Crippen LogP contribution is -2.43. The van der Waals surface area contributed by atoms with Crippen LogP contribution in [0.2, 0.25) is 0 Å². The Hall–Kier alpha value is -0.0800. The normalized spacial score (nSPS) is 34.4. The number of rotatable bonds is 3. The van der Waals surface area contributed by atoms with E-state index in [1.54, 1.807) is 0 Å². The molecule has 0 aromatic carbocycles. The fourth-order valence-electron chi connectivity index (χ4n) is 3.64. The highest BCUT2D eigenvalue weighted by Gasteiger charge is 2.37. The number of nitrogens with zero attached hydrogens (tertiary/aromatic N) is 2.